The first-order valence-electron chi connectivity index (χ1n) is 5.93. The van der Waals surface area contributed by atoms with Crippen molar-refractivity contribution in [2.75, 3.05) is 0 Å². The largest absolute Gasteiger partial charge is 0.477 e. The molecule has 2 rings (SSSR count). The second-order valence-corrected chi connectivity index (χ2v) is 5.92. The zero-order valence-corrected chi connectivity index (χ0v) is 11.5. The number of hydrogen-bond acceptors (Lipinski definition) is 2. The summed E-state index contributed by atoms with van der Waals surface area (Å²) in [4.78, 5) is 12.4. The Labute approximate surface area is 111 Å². The van der Waals surface area contributed by atoms with Crippen LogP contribution in [0.3, 0.4) is 0 Å². The fraction of sp³-hybridized carbons (Fsp3) is 0.267. The maximum absolute atomic E-state index is 11.0. The minimum Gasteiger partial charge on any atom is -0.477 e. The third-order valence-corrected chi connectivity index (χ3v) is 4.06. The lowest BCUT2D eigenvalue weighted by molar-refractivity contribution is 0.0702. The van der Waals surface area contributed by atoms with E-state index in [1.165, 1.54) is 16.9 Å². The van der Waals surface area contributed by atoms with Gasteiger partial charge >= 0.3 is 5.97 Å². The molecule has 0 aliphatic carbocycles. The van der Waals surface area contributed by atoms with Gasteiger partial charge in [0.1, 0.15) is 4.88 Å². The molecule has 18 heavy (non-hydrogen) atoms. The molecule has 1 N–H and O–H groups in total. The van der Waals surface area contributed by atoms with E-state index in [0.29, 0.717) is 10.8 Å². The van der Waals surface area contributed by atoms with Gasteiger partial charge in [-0.05, 0) is 35.6 Å². The summed E-state index contributed by atoms with van der Waals surface area (Å²) in [6, 6.07) is 10.1. The van der Waals surface area contributed by atoms with E-state index in [9.17, 15) is 4.79 Å². The van der Waals surface area contributed by atoms with Crippen LogP contribution < -0.4 is 0 Å². The Morgan fingerprint density at radius 1 is 1.22 bits per heavy atom. The molecule has 0 fully saturated rings. The predicted octanol–water partition coefficient (Wildman–Crippen LogP) is 4.55. The van der Waals surface area contributed by atoms with E-state index in [-0.39, 0.29) is 0 Å². The fourth-order valence-electron chi connectivity index (χ4n) is 1.92. The van der Waals surface area contributed by atoms with Gasteiger partial charge in [0.05, 0.1) is 0 Å². The highest BCUT2D eigenvalue weighted by Crippen LogP contribution is 2.31. The second kappa shape index (κ2) is 4.94. The Balaban J connectivity index is 2.39. The van der Waals surface area contributed by atoms with Gasteiger partial charge in [0.2, 0.25) is 0 Å². The Kier molecular flexibility index (Phi) is 3.53. The Bertz CT molecular complexity index is 565. The van der Waals surface area contributed by atoms with Crippen molar-refractivity contribution in [2.24, 2.45) is 0 Å². The van der Waals surface area contributed by atoms with Gasteiger partial charge in [0, 0.05) is 4.88 Å². The highest BCUT2D eigenvalue weighted by molar-refractivity contribution is 7.14. The molecule has 0 spiro atoms. The molecule has 3 heteroatoms. The number of carbonyl (C=O) groups is 1. The van der Waals surface area contributed by atoms with Crippen LogP contribution in [0.5, 0.6) is 0 Å². The zero-order valence-electron chi connectivity index (χ0n) is 10.7. The summed E-state index contributed by atoms with van der Waals surface area (Å²) in [6.07, 6.45) is 0. The maximum Gasteiger partial charge on any atom is 0.345 e. The molecule has 94 valence electrons. The van der Waals surface area contributed by atoms with Crippen LogP contribution in [0.4, 0.5) is 0 Å². The van der Waals surface area contributed by atoms with Gasteiger partial charge < -0.3 is 5.11 Å². The number of rotatable bonds is 3. The summed E-state index contributed by atoms with van der Waals surface area (Å²) in [5, 5.41) is 9.00. The van der Waals surface area contributed by atoms with E-state index in [0.717, 1.165) is 16.0 Å². The third kappa shape index (κ3) is 2.46. The summed E-state index contributed by atoms with van der Waals surface area (Å²) >= 11 is 1.33. The predicted molar refractivity (Wildman–Crippen MR) is 75.5 cm³/mol. The minimum atomic E-state index is -0.854. The van der Waals surface area contributed by atoms with Gasteiger partial charge in [0.25, 0.3) is 0 Å². The van der Waals surface area contributed by atoms with Crippen molar-refractivity contribution in [3.8, 4) is 11.1 Å². The number of aromatic carboxylic acids is 1. The Morgan fingerprint density at radius 2 is 1.83 bits per heavy atom. The normalized spacial score (nSPS) is 10.9. The highest BCUT2D eigenvalue weighted by atomic mass is 32.1. The van der Waals surface area contributed by atoms with Crippen LogP contribution >= 0.6 is 11.3 Å². The Morgan fingerprint density at radius 3 is 2.28 bits per heavy atom. The fourth-order valence-corrected chi connectivity index (χ4v) is 2.80. The van der Waals surface area contributed by atoms with E-state index in [1.807, 2.05) is 6.92 Å². The van der Waals surface area contributed by atoms with Crippen LogP contribution in [-0.4, -0.2) is 11.1 Å². The van der Waals surface area contributed by atoms with Crippen molar-refractivity contribution in [1.29, 1.82) is 0 Å². The molecular weight excluding hydrogens is 244 g/mol. The monoisotopic (exact) mass is 260 g/mol. The molecule has 0 aliphatic rings. The smallest absolute Gasteiger partial charge is 0.345 e. The topological polar surface area (TPSA) is 37.3 Å². The van der Waals surface area contributed by atoms with Gasteiger partial charge in [0.15, 0.2) is 0 Å². The van der Waals surface area contributed by atoms with Crippen molar-refractivity contribution in [3.05, 3.63) is 45.6 Å². The number of benzene rings is 1. The molecule has 0 unspecified atom stereocenters. The summed E-state index contributed by atoms with van der Waals surface area (Å²) < 4.78 is 0. The first-order valence-corrected chi connectivity index (χ1v) is 6.74. The van der Waals surface area contributed by atoms with Crippen LogP contribution in [-0.2, 0) is 0 Å². The Hall–Kier alpha value is -1.61. The van der Waals surface area contributed by atoms with Crippen molar-refractivity contribution < 1.29 is 9.90 Å². The van der Waals surface area contributed by atoms with Gasteiger partial charge in [-0.25, -0.2) is 4.79 Å². The van der Waals surface area contributed by atoms with Crippen molar-refractivity contribution >= 4 is 17.3 Å². The molecule has 1 aromatic heterocycles. The lowest BCUT2D eigenvalue weighted by atomic mass is 9.99. The molecular formula is C15H16O2S. The van der Waals surface area contributed by atoms with E-state index < -0.39 is 5.97 Å². The van der Waals surface area contributed by atoms with Gasteiger partial charge in [-0.15, -0.1) is 11.3 Å². The van der Waals surface area contributed by atoms with Crippen LogP contribution in [0, 0.1) is 6.92 Å². The lowest BCUT2D eigenvalue weighted by Gasteiger charge is -2.06. The van der Waals surface area contributed by atoms with Crippen LogP contribution in [0.1, 0.15) is 39.9 Å². The summed E-state index contributed by atoms with van der Waals surface area (Å²) in [5.74, 6) is -0.342. The van der Waals surface area contributed by atoms with Crippen LogP contribution in [0.2, 0.25) is 0 Å². The number of carboxylic acid groups (broad SMARTS) is 1. The van der Waals surface area contributed by atoms with Gasteiger partial charge in [-0.3, -0.25) is 0 Å². The van der Waals surface area contributed by atoms with E-state index in [2.05, 4.69) is 38.1 Å². The van der Waals surface area contributed by atoms with E-state index in [4.69, 9.17) is 5.11 Å². The average Bonchev–Trinajstić information content (AvgIpc) is 2.71. The molecule has 2 nitrogen and oxygen atoms in total. The second-order valence-electron chi connectivity index (χ2n) is 4.66. The maximum atomic E-state index is 11.0. The van der Waals surface area contributed by atoms with Crippen LogP contribution in [0.25, 0.3) is 11.1 Å². The molecule has 1 heterocycles. The zero-order chi connectivity index (χ0) is 13.3. The molecule has 0 saturated carbocycles. The quantitative estimate of drug-likeness (QED) is 0.879. The highest BCUT2D eigenvalue weighted by Gasteiger charge is 2.12. The average molecular weight is 260 g/mol. The molecule has 0 atom stereocenters. The number of aryl methyl sites for hydroxylation is 1. The van der Waals surface area contributed by atoms with E-state index >= 15 is 0 Å². The standard InChI is InChI=1S/C15H16O2S/c1-9(2)11-4-6-12(7-5-11)13-8-14(15(16)17)18-10(13)3/h4-9H,1-3H3,(H,16,17). The molecule has 1 aromatic carbocycles. The molecule has 2 aromatic rings. The van der Waals surface area contributed by atoms with Gasteiger partial charge in [-0.2, -0.15) is 0 Å². The third-order valence-electron chi connectivity index (χ3n) is 3.02. The van der Waals surface area contributed by atoms with Crippen molar-refractivity contribution in [3.63, 3.8) is 0 Å². The van der Waals surface area contributed by atoms with Crippen LogP contribution in [0.15, 0.2) is 30.3 Å². The lowest BCUT2D eigenvalue weighted by Crippen LogP contribution is -1.90. The summed E-state index contributed by atoms with van der Waals surface area (Å²) in [6.45, 7) is 6.28. The molecule has 0 aliphatic heterocycles. The molecule has 0 amide bonds. The number of hydrogen-bond donors (Lipinski definition) is 1. The molecule has 0 bridgehead atoms. The number of carboxylic acids is 1. The van der Waals surface area contributed by atoms with Crippen molar-refractivity contribution in [2.45, 2.75) is 26.7 Å². The first-order chi connectivity index (χ1) is 8.49. The molecule has 0 radical (unpaired) electrons. The molecule has 0 saturated heterocycles. The summed E-state index contributed by atoms with van der Waals surface area (Å²) in [5.41, 5.74) is 3.40. The van der Waals surface area contributed by atoms with Crippen molar-refractivity contribution in [1.82, 2.24) is 0 Å². The SMILES string of the molecule is Cc1sc(C(=O)O)cc1-c1ccc(C(C)C)cc1. The van der Waals surface area contributed by atoms with E-state index in [1.54, 1.807) is 6.07 Å². The minimum absolute atomic E-state index is 0.399. The number of thiophene rings is 1. The van der Waals surface area contributed by atoms with Gasteiger partial charge in [-0.1, -0.05) is 38.1 Å². The first kappa shape index (κ1) is 12.8. The summed E-state index contributed by atoms with van der Waals surface area (Å²) in [7, 11) is 0.